The summed E-state index contributed by atoms with van der Waals surface area (Å²) in [5, 5.41) is 4.70. The molecule has 15 heavy (non-hydrogen) atoms. The van der Waals surface area contributed by atoms with Gasteiger partial charge in [0, 0.05) is 16.1 Å². The molecule has 1 aromatic rings. The first-order valence-electron chi connectivity index (χ1n) is 5.30. The number of benzene rings is 1. The zero-order valence-electron chi connectivity index (χ0n) is 9.19. The molecule has 0 fully saturated rings. The van der Waals surface area contributed by atoms with E-state index >= 15 is 0 Å². The van der Waals surface area contributed by atoms with Crippen molar-refractivity contribution in [2.45, 2.75) is 32.2 Å². The molecule has 84 valence electrons. The predicted molar refractivity (Wildman–Crippen MR) is 67.8 cm³/mol. The van der Waals surface area contributed by atoms with Crippen LogP contribution in [-0.4, -0.2) is 7.05 Å². The predicted octanol–water partition coefficient (Wildman–Crippen LogP) is 4.44. The number of halogens is 2. The van der Waals surface area contributed by atoms with E-state index in [0.29, 0.717) is 16.1 Å². The zero-order chi connectivity index (χ0) is 11.3. The van der Waals surface area contributed by atoms with Gasteiger partial charge in [-0.25, -0.2) is 0 Å². The van der Waals surface area contributed by atoms with Crippen LogP contribution in [0.25, 0.3) is 0 Å². The largest absolute Gasteiger partial charge is 0.313 e. The Balaban J connectivity index is 2.81. The van der Waals surface area contributed by atoms with Crippen LogP contribution in [-0.2, 0) is 0 Å². The Morgan fingerprint density at radius 3 is 2.27 bits per heavy atom. The average molecular weight is 246 g/mol. The smallest absolute Gasteiger partial charge is 0.0424 e. The van der Waals surface area contributed by atoms with E-state index in [1.807, 2.05) is 19.2 Å². The van der Waals surface area contributed by atoms with Crippen molar-refractivity contribution in [3.63, 3.8) is 0 Å². The molecule has 0 aromatic heterocycles. The van der Waals surface area contributed by atoms with Gasteiger partial charge in [-0.15, -0.1) is 0 Å². The van der Waals surface area contributed by atoms with Gasteiger partial charge in [-0.05, 0) is 37.2 Å². The van der Waals surface area contributed by atoms with Gasteiger partial charge in [0.2, 0.25) is 0 Å². The summed E-state index contributed by atoms with van der Waals surface area (Å²) in [4.78, 5) is 0. The van der Waals surface area contributed by atoms with E-state index in [9.17, 15) is 0 Å². The molecule has 0 aliphatic carbocycles. The summed E-state index contributed by atoms with van der Waals surface area (Å²) in [6.45, 7) is 2.19. The van der Waals surface area contributed by atoms with E-state index in [4.69, 9.17) is 23.2 Å². The van der Waals surface area contributed by atoms with Crippen LogP contribution in [0.1, 0.15) is 37.8 Å². The minimum atomic E-state index is 0.348. The summed E-state index contributed by atoms with van der Waals surface area (Å²) < 4.78 is 0. The van der Waals surface area contributed by atoms with Crippen molar-refractivity contribution in [2.24, 2.45) is 0 Å². The van der Waals surface area contributed by atoms with E-state index in [1.54, 1.807) is 6.07 Å². The standard InChI is InChI=1S/C12H17Cl2N/c1-3-4-5-12(15-2)9-6-10(13)8-11(14)7-9/h6-8,12,15H,3-5H2,1-2H3. The SMILES string of the molecule is CCCCC(NC)c1cc(Cl)cc(Cl)c1. The molecule has 0 radical (unpaired) electrons. The first-order valence-corrected chi connectivity index (χ1v) is 6.06. The maximum absolute atomic E-state index is 5.97. The van der Waals surface area contributed by atoms with Crippen LogP contribution >= 0.6 is 23.2 Å². The first-order chi connectivity index (χ1) is 7.17. The van der Waals surface area contributed by atoms with Gasteiger partial charge in [-0.2, -0.15) is 0 Å². The van der Waals surface area contributed by atoms with Crippen LogP contribution in [0, 0.1) is 0 Å². The van der Waals surface area contributed by atoms with Gasteiger partial charge in [0.05, 0.1) is 0 Å². The number of unbranched alkanes of at least 4 members (excludes halogenated alkanes) is 1. The minimum Gasteiger partial charge on any atom is -0.313 e. The molecule has 1 atom stereocenters. The monoisotopic (exact) mass is 245 g/mol. The summed E-state index contributed by atoms with van der Waals surface area (Å²) in [5.41, 5.74) is 1.17. The van der Waals surface area contributed by atoms with Crippen LogP contribution < -0.4 is 5.32 Å². The molecule has 0 heterocycles. The lowest BCUT2D eigenvalue weighted by Gasteiger charge is -2.16. The van der Waals surface area contributed by atoms with Gasteiger partial charge in [0.15, 0.2) is 0 Å². The first kappa shape index (κ1) is 12.8. The Morgan fingerprint density at radius 1 is 1.20 bits per heavy atom. The summed E-state index contributed by atoms with van der Waals surface area (Å²) >= 11 is 11.9. The summed E-state index contributed by atoms with van der Waals surface area (Å²) in [6, 6.07) is 6.06. The Bertz CT molecular complexity index is 292. The fourth-order valence-electron chi connectivity index (χ4n) is 1.66. The molecule has 0 spiro atoms. The molecule has 0 saturated carbocycles. The molecule has 0 aliphatic rings. The van der Waals surface area contributed by atoms with E-state index in [0.717, 1.165) is 6.42 Å². The normalized spacial score (nSPS) is 12.8. The lowest BCUT2D eigenvalue weighted by atomic mass is 10.0. The number of hydrogen-bond acceptors (Lipinski definition) is 1. The van der Waals surface area contributed by atoms with Crippen molar-refractivity contribution >= 4 is 23.2 Å². The summed E-state index contributed by atoms with van der Waals surface area (Å²) in [7, 11) is 1.97. The fourth-order valence-corrected chi connectivity index (χ4v) is 2.21. The van der Waals surface area contributed by atoms with Crippen molar-refractivity contribution in [1.29, 1.82) is 0 Å². The second-order valence-corrected chi connectivity index (χ2v) is 4.56. The van der Waals surface area contributed by atoms with E-state index in [1.165, 1.54) is 18.4 Å². The molecule has 1 nitrogen and oxygen atoms in total. The van der Waals surface area contributed by atoms with E-state index in [-0.39, 0.29) is 0 Å². The second kappa shape index (κ2) is 6.37. The zero-order valence-corrected chi connectivity index (χ0v) is 10.7. The lowest BCUT2D eigenvalue weighted by Crippen LogP contribution is -2.16. The van der Waals surface area contributed by atoms with Crippen LogP contribution in [0.4, 0.5) is 0 Å². The molecular weight excluding hydrogens is 229 g/mol. The van der Waals surface area contributed by atoms with Crippen LogP contribution in [0.2, 0.25) is 10.0 Å². The molecule has 0 bridgehead atoms. The van der Waals surface area contributed by atoms with Gasteiger partial charge < -0.3 is 5.32 Å². The van der Waals surface area contributed by atoms with Crippen molar-refractivity contribution in [1.82, 2.24) is 5.32 Å². The van der Waals surface area contributed by atoms with Gasteiger partial charge in [-0.3, -0.25) is 0 Å². The van der Waals surface area contributed by atoms with Crippen molar-refractivity contribution in [2.75, 3.05) is 7.05 Å². The van der Waals surface area contributed by atoms with Crippen LogP contribution in [0.3, 0.4) is 0 Å². The molecular formula is C12H17Cl2N. The van der Waals surface area contributed by atoms with Gasteiger partial charge >= 0.3 is 0 Å². The van der Waals surface area contributed by atoms with Crippen molar-refractivity contribution in [3.05, 3.63) is 33.8 Å². The minimum absolute atomic E-state index is 0.348. The lowest BCUT2D eigenvalue weighted by molar-refractivity contribution is 0.523. The third-order valence-corrected chi connectivity index (χ3v) is 2.92. The van der Waals surface area contributed by atoms with E-state index in [2.05, 4.69) is 12.2 Å². The van der Waals surface area contributed by atoms with Gasteiger partial charge in [-0.1, -0.05) is 43.0 Å². The molecule has 1 N–H and O–H groups in total. The summed E-state index contributed by atoms with van der Waals surface area (Å²) in [6.07, 6.45) is 3.52. The highest BCUT2D eigenvalue weighted by atomic mass is 35.5. The van der Waals surface area contributed by atoms with Gasteiger partial charge in [0.25, 0.3) is 0 Å². The summed E-state index contributed by atoms with van der Waals surface area (Å²) in [5.74, 6) is 0. The molecule has 1 aromatic carbocycles. The van der Waals surface area contributed by atoms with Crippen molar-refractivity contribution in [3.8, 4) is 0 Å². The maximum atomic E-state index is 5.97. The van der Waals surface area contributed by atoms with E-state index < -0.39 is 0 Å². The fraction of sp³-hybridized carbons (Fsp3) is 0.500. The van der Waals surface area contributed by atoms with Gasteiger partial charge in [0.1, 0.15) is 0 Å². The highest BCUT2D eigenvalue weighted by Crippen LogP contribution is 2.26. The Kier molecular flexibility index (Phi) is 5.44. The number of hydrogen-bond donors (Lipinski definition) is 1. The Hall–Kier alpha value is -0.240. The van der Waals surface area contributed by atoms with Crippen LogP contribution in [0.5, 0.6) is 0 Å². The third kappa shape index (κ3) is 4.02. The molecule has 0 aliphatic heterocycles. The molecule has 1 unspecified atom stereocenters. The van der Waals surface area contributed by atoms with Crippen LogP contribution in [0.15, 0.2) is 18.2 Å². The molecule has 0 amide bonds. The number of nitrogens with one attached hydrogen (secondary N) is 1. The second-order valence-electron chi connectivity index (χ2n) is 3.69. The highest BCUT2D eigenvalue weighted by molar-refractivity contribution is 6.34. The average Bonchev–Trinajstić information content (AvgIpc) is 2.17. The molecule has 3 heteroatoms. The molecule has 0 saturated heterocycles. The molecule has 1 rings (SSSR count). The quantitative estimate of drug-likeness (QED) is 0.809. The highest BCUT2D eigenvalue weighted by Gasteiger charge is 2.09. The third-order valence-electron chi connectivity index (χ3n) is 2.48. The maximum Gasteiger partial charge on any atom is 0.0424 e. The Labute approximate surface area is 102 Å². The topological polar surface area (TPSA) is 12.0 Å². The number of rotatable bonds is 5. The van der Waals surface area contributed by atoms with Crippen molar-refractivity contribution < 1.29 is 0 Å². The Morgan fingerprint density at radius 2 is 1.80 bits per heavy atom.